The molecule has 4 rings (SSSR count). The number of nitrogen functional groups attached to an aromatic ring is 1. The molecule has 2 N–H and O–H groups in total. The number of hydrogen-bond donors (Lipinski definition) is 1. The van der Waals surface area contributed by atoms with E-state index in [2.05, 4.69) is 4.98 Å². The number of fused-ring (bicyclic) bond motifs is 2. The van der Waals surface area contributed by atoms with E-state index in [-0.39, 0.29) is 26.6 Å². The molecule has 0 saturated carbocycles. The van der Waals surface area contributed by atoms with Crippen LogP contribution in [0.2, 0.25) is 5.02 Å². The normalized spacial score (nSPS) is 12.0. The number of rotatable bonds is 7. The SMILES string of the molecule is CCOCCC[n+]1c(N)c(S(=O)(=O)c2ccc(Cl)cc2)cc2c(=O)n3cc(C)ccc3nc21. The van der Waals surface area contributed by atoms with E-state index < -0.39 is 9.84 Å². The summed E-state index contributed by atoms with van der Waals surface area (Å²) in [5, 5.41) is 0.576. The molecule has 0 radical (unpaired) electrons. The Hall–Kier alpha value is -3.01. The summed E-state index contributed by atoms with van der Waals surface area (Å²) in [5.74, 6) is 0.0114. The molecule has 0 aliphatic carbocycles. The van der Waals surface area contributed by atoms with Crippen LogP contribution in [0.1, 0.15) is 18.9 Å². The Morgan fingerprint density at radius 2 is 1.91 bits per heavy atom. The van der Waals surface area contributed by atoms with Crippen LogP contribution in [0.5, 0.6) is 0 Å². The molecule has 172 valence electrons. The summed E-state index contributed by atoms with van der Waals surface area (Å²) >= 11 is 5.93. The molecule has 33 heavy (non-hydrogen) atoms. The minimum absolute atomic E-state index is 0.0114. The minimum Gasteiger partial charge on any atom is -0.382 e. The van der Waals surface area contributed by atoms with Gasteiger partial charge in [0.1, 0.15) is 10.3 Å². The molecular weight excluding hydrogens is 464 g/mol. The molecule has 0 amide bonds. The van der Waals surface area contributed by atoms with Crippen LogP contribution in [0.4, 0.5) is 5.82 Å². The maximum atomic E-state index is 13.5. The third-order valence-corrected chi connectivity index (χ3v) is 7.40. The van der Waals surface area contributed by atoms with Crippen LogP contribution < -0.4 is 15.9 Å². The smallest absolute Gasteiger partial charge is 0.278 e. The van der Waals surface area contributed by atoms with Gasteiger partial charge in [0.25, 0.3) is 11.2 Å². The molecule has 0 bridgehead atoms. The molecule has 0 unspecified atom stereocenters. The Morgan fingerprint density at radius 1 is 1.18 bits per heavy atom. The molecular formula is C23H24ClN4O4S+. The Kier molecular flexibility index (Phi) is 6.38. The van der Waals surface area contributed by atoms with E-state index in [0.29, 0.717) is 42.5 Å². The number of nitrogens with two attached hydrogens (primary N) is 1. The van der Waals surface area contributed by atoms with Crippen LogP contribution in [-0.4, -0.2) is 31.0 Å². The van der Waals surface area contributed by atoms with E-state index in [1.54, 1.807) is 16.8 Å². The number of halogens is 1. The van der Waals surface area contributed by atoms with Crippen LogP contribution >= 0.6 is 11.6 Å². The Balaban J connectivity index is 2.01. The molecule has 1 aromatic carbocycles. The van der Waals surface area contributed by atoms with Gasteiger partial charge in [-0.2, -0.15) is 0 Å². The van der Waals surface area contributed by atoms with E-state index in [1.807, 2.05) is 19.9 Å². The Labute approximate surface area is 196 Å². The van der Waals surface area contributed by atoms with Crippen LogP contribution in [0.15, 0.2) is 63.2 Å². The van der Waals surface area contributed by atoms with Crippen molar-refractivity contribution < 1.29 is 17.7 Å². The fraction of sp³-hybridized carbons (Fsp3) is 0.261. The largest absolute Gasteiger partial charge is 0.382 e. The lowest BCUT2D eigenvalue weighted by Crippen LogP contribution is -2.42. The van der Waals surface area contributed by atoms with Gasteiger partial charge in [-0.1, -0.05) is 22.7 Å². The van der Waals surface area contributed by atoms with Gasteiger partial charge in [0.05, 0.1) is 11.4 Å². The quantitative estimate of drug-likeness (QED) is 0.244. The molecule has 0 spiro atoms. The minimum atomic E-state index is -4.03. The topological polar surface area (TPSA) is 108 Å². The summed E-state index contributed by atoms with van der Waals surface area (Å²) in [5.41, 5.74) is 7.68. The molecule has 10 heteroatoms. The summed E-state index contributed by atoms with van der Waals surface area (Å²) in [6, 6.07) is 10.7. The number of aromatic nitrogens is 3. The molecule has 3 heterocycles. The van der Waals surface area contributed by atoms with Gasteiger partial charge in [0.2, 0.25) is 21.3 Å². The summed E-state index contributed by atoms with van der Waals surface area (Å²) in [6.45, 7) is 5.12. The lowest BCUT2D eigenvalue weighted by molar-refractivity contribution is -0.661. The maximum Gasteiger partial charge on any atom is 0.278 e. The summed E-state index contributed by atoms with van der Waals surface area (Å²) < 4.78 is 35.4. The van der Waals surface area contributed by atoms with Gasteiger partial charge in [-0.05, 0) is 55.8 Å². The molecule has 3 aromatic heterocycles. The number of aryl methyl sites for hydroxylation is 2. The van der Waals surface area contributed by atoms with Gasteiger partial charge in [0, 0.05) is 30.9 Å². The average Bonchev–Trinajstić information content (AvgIpc) is 2.78. The number of sulfone groups is 1. The summed E-state index contributed by atoms with van der Waals surface area (Å²) in [6.07, 6.45) is 2.24. The second-order valence-electron chi connectivity index (χ2n) is 7.64. The van der Waals surface area contributed by atoms with Crippen molar-refractivity contribution in [2.24, 2.45) is 0 Å². The van der Waals surface area contributed by atoms with Crippen molar-refractivity contribution in [1.82, 2.24) is 9.38 Å². The summed E-state index contributed by atoms with van der Waals surface area (Å²) in [4.78, 5) is 17.9. The monoisotopic (exact) mass is 487 g/mol. The van der Waals surface area contributed by atoms with Crippen molar-refractivity contribution in [2.45, 2.75) is 36.6 Å². The molecule has 8 nitrogen and oxygen atoms in total. The first kappa shape index (κ1) is 23.2. The van der Waals surface area contributed by atoms with Crippen LogP contribution in [0, 0.1) is 6.92 Å². The molecule has 0 aliphatic rings. The van der Waals surface area contributed by atoms with Crippen LogP contribution in [0.25, 0.3) is 16.7 Å². The second-order valence-corrected chi connectivity index (χ2v) is 10.00. The number of anilines is 1. The van der Waals surface area contributed by atoms with Gasteiger partial charge in [0.15, 0.2) is 0 Å². The lowest BCUT2D eigenvalue weighted by atomic mass is 10.2. The van der Waals surface area contributed by atoms with Crippen molar-refractivity contribution >= 4 is 43.9 Å². The number of pyridine rings is 2. The van der Waals surface area contributed by atoms with Gasteiger partial charge in [-0.15, -0.1) is 0 Å². The van der Waals surface area contributed by atoms with Gasteiger partial charge >= 0.3 is 0 Å². The molecule has 0 aliphatic heterocycles. The van der Waals surface area contributed by atoms with E-state index >= 15 is 0 Å². The third-order valence-electron chi connectivity index (χ3n) is 5.35. The molecule has 0 fully saturated rings. The highest BCUT2D eigenvalue weighted by atomic mass is 35.5. The van der Waals surface area contributed by atoms with E-state index in [1.165, 1.54) is 34.7 Å². The Morgan fingerprint density at radius 3 is 2.61 bits per heavy atom. The maximum absolute atomic E-state index is 13.5. The zero-order chi connectivity index (χ0) is 23.8. The van der Waals surface area contributed by atoms with Gasteiger partial charge in [-0.3, -0.25) is 9.20 Å². The first-order valence-electron chi connectivity index (χ1n) is 10.5. The van der Waals surface area contributed by atoms with Crippen molar-refractivity contribution in [3.8, 4) is 0 Å². The highest BCUT2D eigenvalue weighted by Gasteiger charge is 2.29. The zero-order valence-electron chi connectivity index (χ0n) is 18.3. The lowest BCUT2D eigenvalue weighted by Gasteiger charge is -2.13. The number of ether oxygens (including phenoxy) is 1. The second kappa shape index (κ2) is 9.09. The Bertz CT molecular complexity index is 1520. The molecule has 0 atom stereocenters. The van der Waals surface area contributed by atoms with Crippen molar-refractivity contribution in [3.05, 3.63) is 69.6 Å². The first-order valence-corrected chi connectivity index (χ1v) is 12.3. The van der Waals surface area contributed by atoms with Crippen molar-refractivity contribution in [1.29, 1.82) is 0 Å². The predicted molar refractivity (Wildman–Crippen MR) is 126 cm³/mol. The number of hydrogen-bond acceptors (Lipinski definition) is 6. The highest BCUT2D eigenvalue weighted by molar-refractivity contribution is 7.91. The van der Waals surface area contributed by atoms with Crippen LogP contribution in [-0.2, 0) is 21.1 Å². The van der Waals surface area contributed by atoms with Gasteiger partial charge < -0.3 is 10.5 Å². The fourth-order valence-electron chi connectivity index (χ4n) is 3.68. The van der Waals surface area contributed by atoms with Crippen LogP contribution in [0.3, 0.4) is 0 Å². The van der Waals surface area contributed by atoms with E-state index in [4.69, 9.17) is 22.1 Å². The predicted octanol–water partition coefficient (Wildman–Crippen LogP) is 2.94. The summed E-state index contributed by atoms with van der Waals surface area (Å²) in [7, 11) is -4.03. The third kappa shape index (κ3) is 4.31. The van der Waals surface area contributed by atoms with Crippen molar-refractivity contribution in [2.75, 3.05) is 18.9 Å². The standard InChI is InChI=1S/C23H23ClN4O4S/c1-3-32-12-4-11-27-21(25)19(33(30,31)17-8-6-16(24)7-9-17)13-18-22(27)26-20-10-5-15(2)14-28(20)23(18)29/h5-10,13-14,25H,3-4,11-12H2,1-2H3/p+1. The first-order chi connectivity index (χ1) is 15.7. The van der Waals surface area contributed by atoms with E-state index in [0.717, 1.165) is 5.56 Å². The van der Waals surface area contributed by atoms with E-state index in [9.17, 15) is 13.2 Å². The zero-order valence-corrected chi connectivity index (χ0v) is 19.9. The number of benzene rings is 1. The molecule has 0 saturated heterocycles. The van der Waals surface area contributed by atoms with Crippen molar-refractivity contribution in [3.63, 3.8) is 0 Å². The molecule has 4 aromatic rings. The average molecular weight is 488 g/mol. The number of nitrogens with zero attached hydrogens (tertiary/aromatic N) is 3. The fourth-order valence-corrected chi connectivity index (χ4v) is 5.22. The van der Waals surface area contributed by atoms with Gasteiger partial charge in [-0.25, -0.2) is 13.0 Å². The highest BCUT2D eigenvalue weighted by Crippen LogP contribution is 2.27.